The molecule has 0 amide bonds. The van der Waals surface area contributed by atoms with Crippen molar-refractivity contribution in [2.24, 2.45) is 5.41 Å². The Kier molecular flexibility index (Phi) is 11.6. The van der Waals surface area contributed by atoms with E-state index in [2.05, 4.69) is 66.9 Å². The smallest absolute Gasteiger partial charge is 0.120 e. The summed E-state index contributed by atoms with van der Waals surface area (Å²) in [6, 6.07) is 10.3. The van der Waals surface area contributed by atoms with Crippen LogP contribution < -0.4 is 10.1 Å². The third-order valence-corrected chi connectivity index (χ3v) is 4.20. The van der Waals surface area contributed by atoms with Crippen LogP contribution in [0.3, 0.4) is 0 Å². The second-order valence-corrected chi connectivity index (χ2v) is 7.91. The normalized spacial score (nSPS) is 11.0. The van der Waals surface area contributed by atoms with E-state index in [1.807, 2.05) is 24.3 Å². The fourth-order valence-electron chi connectivity index (χ4n) is 2.22. The van der Waals surface area contributed by atoms with Gasteiger partial charge in [0.2, 0.25) is 0 Å². The Hall–Kier alpha value is -1.77. The molecule has 2 rings (SSSR count). The Morgan fingerprint density at radius 3 is 2.71 bits per heavy atom. The number of nitrogens with one attached hydrogen (secondary N) is 1. The van der Waals surface area contributed by atoms with Crippen molar-refractivity contribution in [2.45, 2.75) is 20.8 Å². The second kappa shape index (κ2) is 13.4. The van der Waals surface area contributed by atoms with Gasteiger partial charge in [0.15, 0.2) is 0 Å². The van der Waals surface area contributed by atoms with Gasteiger partial charge >= 0.3 is 0 Å². The molecule has 1 aromatic carbocycles. The molecule has 1 heterocycles. The van der Waals surface area contributed by atoms with Gasteiger partial charge < -0.3 is 14.8 Å². The Balaban J connectivity index is 0.00000392. The average molecular weight is 420 g/mol. The molecule has 0 fully saturated rings. The third kappa shape index (κ3) is 10.5. The summed E-state index contributed by atoms with van der Waals surface area (Å²) in [4.78, 5) is 0. The van der Waals surface area contributed by atoms with Crippen LogP contribution in [0.25, 0.3) is 11.1 Å². The van der Waals surface area contributed by atoms with Gasteiger partial charge in [0.05, 0.1) is 13.2 Å². The minimum Gasteiger partial charge on any atom is -0.491 e. The van der Waals surface area contributed by atoms with Crippen LogP contribution in [0.15, 0.2) is 53.2 Å². The number of rotatable bonds is 10. The van der Waals surface area contributed by atoms with Gasteiger partial charge in [0, 0.05) is 18.5 Å². The number of hydrogen-bond acceptors (Lipinski definition) is 4. The first-order valence-electron chi connectivity index (χ1n) is 9.26. The molecule has 1 aromatic heterocycles. The Morgan fingerprint density at radius 2 is 1.96 bits per heavy atom. The van der Waals surface area contributed by atoms with E-state index in [1.54, 1.807) is 11.3 Å². The minimum atomic E-state index is 0. The van der Waals surface area contributed by atoms with Gasteiger partial charge in [-0.05, 0) is 66.9 Å². The van der Waals surface area contributed by atoms with Gasteiger partial charge in [0.1, 0.15) is 12.4 Å². The molecule has 0 radical (unpaired) electrons. The molecular weight excluding hydrogens is 390 g/mol. The lowest BCUT2D eigenvalue weighted by Crippen LogP contribution is -2.20. The highest BCUT2D eigenvalue weighted by Gasteiger charge is 2.02. The first kappa shape index (κ1) is 24.3. The monoisotopic (exact) mass is 419 g/mol. The lowest BCUT2D eigenvalue weighted by molar-refractivity contribution is 0.102. The molecular formula is C23H30ClNO2S. The molecule has 0 aliphatic heterocycles. The number of halogens is 1. The maximum atomic E-state index is 5.78. The van der Waals surface area contributed by atoms with Crippen LogP contribution in [0, 0.1) is 17.3 Å². The van der Waals surface area contributed by atoms with Gasteiger partial charge in [-0.3, -0.25) is 0 Å². The largest absolute Gasteiger partial charge is 0.491 e. The van der Waals surface area contributed by atoms with E-state index in [0.29, 0.717) is 19.8 Å². The summed E-state index contributed by atoms with van der Waals surface area (Å²) < 4.78 is 11.4. The number of hydrogen-bond donors (Lipinski definition) is 1. The van der Waals surface area contributed by atoms with Crippen molar-refractivity contribution in [3.8, 4) is 28.7 Å². The number of ether oxygens (including phenoxy) is 2. The summed E-state index contributed by atoms with van der Waals surface area (Å²) in [5.74, 6) is 7.10. The zero-order valence-corrected chi connectivity index (χ0v) is 18.5. The maximum absolute atomic E-state index is 5.78. The predicted molar refractivity (Wildman–Crippen MR) is 123 cm³/mol. The predicted octanol–water partition coefficient (Wildman–Crippen LogP) is 5.43. The van der Waals surface area contributed by atoms with Crippen molar-refractivity contribution >= 4 is 23.7 Å². The van der Waals surface area contributed by atoms with Crippen molar-refractivity contribution in [2.75, 3.05) is 32.9 Å². The van der Waals surface area contributed by atoms with E-state index in [4.69, 9.17) is 9.47 Å². The zero-order valence-electron chi connectivity index (χ0n) is 16.9. The minimum absolute atomic E-state index is 0. The van der Waals surface area contributed by atoms with Gasteiger partial charge in [-0.2, -0.15) is 11.3 Å². The SMILES string of the molecule is CC(C)(C)C#C/C=C/CNCCOCCOc1cccc(-c2ccsc2)c1.Cl. The molecule has 0 unspecified atom stereocenters. The summed E-state index contributed by atoms with van der Waals surface area (Å²) in [6.07, 6.45) is 3.93. The van der Waals surface area contributed by atoms with E-state index < -0.39 is 0 Å². The molecule has 152 valence electrons. The van der Waals surface area contributed by atoms with Crippen LogP contribution in [-0.2, 0) is 4.74 Å². The standard InChI is InChI=1S/C23H29NO2S.ClH/c1-23(2,3)11-5-4-6-12-24-13-14-25-15-16-26-22-9-7-8-20(18-22)21-10-17-27-19-21;/h4,6-10,17-19,24H,12-16H2,1-3H3;1H/b6-4+;. The van der Waals surface area contributed by atoms with Crippen LogP contribution in [0.2, 0.25) is 0 Å². The fraction of sp³-hybridized carbons (Fsp3) is 0.391. The highest BCUT2D eigenvalue weighted by atomic mass is 35.5. The van der Waals surface area contributed by atoms with Gasteiger partial charge in [0.25, 0.3) is 0 Å². The summed E-state index contributed by atoms with van der Waals surface area (Å²) in [5, 5.41) is 7.52. The van der Waals surface area contributed by atoms with E-state index in [1.165, 1.54) is 11.1 Å². The third-order valence-electron chi connectivity index (χ3n) is 3.52. The van der Waals surface area contributed by atoms with Crippen LogP contribution in [-0.4, -0.2) is 32.9 Å². The Labute approximate surface area is 179 Å². The zero-order chi connectivity index (χ0) is 19.4. The summed E-state index contributed by atoms with van der Waals surface area (Å²) >= 11 is 1.70. The lowest BCUT2D eigenvalue weighted by atomic mass is 9.98. The van der Waals surface area contributed by atoms with Crippen molar-refractivity contribution in [3.63, 3.8) is 0 Å². The first-order valence-corrected chi connectivity index (χ1v) is 10.2. The van der Waals surface area contributed by atoms with Crippen LogP contribution >= 0.6 is 23.7 Å². The first-order chi connectivity index (χ1) is 13.0. The molecule has 0 spiro atoms. The van der Waals surface area contributed by atoms with Crippen LogP contribution in [0.1, 0.15) is 20.8 Å². The Morgan fingerprint density at radius 1 is 1.11 bits per heavy atom. The molecule has 28 heavy (non-hydrogen) atoms. The molecule has 0 saturated heterocycles. The van der Waals surface area contributed by atoms with E-state index in [0.717, 1.165) is 18.8 Å². The summed E-state index contributed by atoms with van der Waals surface area (Å²) in [7, 11) is 0. The number of allylic oxidation sites excluding steroid dienone is 1. The molecule has 3 nitrogen and oxygen atoms in total. The average Bonchev–Trinajstić information content (AvgIpc) is 3.17. The number of benzene rings is 1. The van der Waals surface area contributed by atoms with Gasteiger partial charge in [-0.15, -0.1) is 12.4 Å². The van der Waals surface area contributed by atoms with Crippen molar-refractivity contribution in [3.05, 3.63) is 53.2 Å². The molecule has 0 atom stereocenters. The summed E-state index contributed by atoms with van der Waals surface area (Å²) in [5.41, 5.74) is 2.46. The lowest BCUT2D eigenvalue weighted by Gasteiger charge is -2.08. The highest BCUT2D eigenvalue weighted by Crippen LogP contribution is 2.25. The molecule has 1 N–H and O–H groups in total. The van der Waals surface area contributed by atoms with Crippen LogP contribution in [0.5, 0.6) is 5.75 Å². The summed E-state index contributed by atoms with van der Waals surface area (Å²) in [6.45, 7) is 9.72. The molecule has 0 bridgehead atoms. The molecule has 0 aliphatic rings. The van der Waals surface area contributed by atoms with Crippen molar-refractivity contribution in [1.29, 1.82) is 0 Å². The highest BCUT2D eigenvalue weighted by molar-refractivity contribution is 7.08. The maximum Gasteiger partial charge on any atom is 0.120 e. The molecule has 0 saturated carbocycles. The molecule has 0 aliphatic carbocycles. The Bertz CT molecular complexity index is 755. The van der Waals surface area contributed by atoms with E-state index in [-0.39, 0.29) is 17.8 Å². The van der Waals surface area contributed by atoms with Crippen molar-refractivity contribution < 1.29 is 9.47 Å². The van der Waals surface area contributed by atoms with Crippen LogP contribution in [0.4, 0.5) is 0 Å². The van der Waals surface area contributed by atoms with E-state index >= 15 is 0 Å². The van der Waals surface area contributed by atoms with Crippen molar-refractivity contribution in [1.82, 2.24) is 5.32 Å². The quantitative estimate of drug-likeness (QED) is 0.411. The van der Waals surface area contributed by atoms with E-state index in [9.17, 15) is 0 Å². The number of thiophene rings is 1. The molecule has 5 heteroatoms. The van der Waals surface area contributed by atoms with Gasteiger partial charge in [-0.1, -0.05) is 30.0 Å². The topological polar surface area (TPSA) is 30.5 Å². The molecule has 2 aromatic rings. The second-order valence-electron chi connectivity index (χ2n) is 7.13. The van der Waals surface area contributed by atoms with Gasteiger partial charge in [-0.25, -0.2) is 0 Å². The fourth-order valence-corrected chi connectivity index (χ4v) is 2.89.